The van der Waals surface area contributed by atoms with Crippen LogP contribution in [0.1, 0.15) is 155 Å². The average molecular weight is 903 g/mol. The van der Waals surface area contributed by atoms with Crippen LogP contribution in [0.15, 0.2) is 127 Å². The number of hydrogen-bond acceptors (Lipinski definition) is 2. The summed E-state index contributed by atoms with van der Waals surface area (Å²) in [5.41, 5.74) is 28.6. The van der Waals surface area contributed by atoms with Gasteiger partial charge in [-0.2, -0.15) is 0 Å². The van der Waals surface area contributed by atoms with E-state index in [1.54, 1.807) is 5.56 Å². The molecule has 3 heterocycles. The van der Waals surface area contributed by atoms with Crippen LogP contribution in [0.3, 0.4) is 0 Å². The zero-order chi connectivity index (χ0) is 48.5. The largest absolute Gasteiger partial charge is 0.335 e. The van der Waals surface area contributed by atoms with Gasteiger partial charge in [0.25, 0.3) is 6.71 Å². The number of anilines is 5. The van der Waals surface area contributed by atoms with Crippen molar-refractivity contribution in [2.75, 3.05) is 9.80 Å². The van der Waals surface area contributed by atoms with Gasteiger partial charge < -0.3 is 9.80 Å². The van der Waals surface area contributed by atoms with Crippen LogP contribution in [0.5, 0.6) is 0 Å². The molecule has 348 valence electrons. The van der Waals surface area contributed by atoms with Crippen LogP contribution < -0.4 is 26.2 Å². The molecule has 69 heavy (non-hydrogen) atoms. The highest BCUT2D eigenvalue weighted by Gasteiger charge is 2.62. The van der Waals surface area contributed by atoms with Gasteiger partial charge in [0.2, 0.25) is 0 Å². The summed E-state index contributed by atoms with van der Waals surface area (Å²) in [4.78, 5) is 5.69. The van der Waals surface area contributed by atoms with Crippen molar-refractivity contribution in [3.8, 4) is 33.4 Å². The molecule has 0 spiro atoms. The molecular weight excluding hydrogens is 832 g/mol. The van der Waals surface area contributed by atoms with Crippen LogP contribution in [-0.4, -0.2) is 12.3 Å². The maximum Gasteiger partial charge on any atom is 0.252 e. The number of fused-ring (bicyclic) bond motifs is 11. The summed E-state index contributed by atoms with van der Waals surface area (Å²) >= 11 is 0. The molecule has 0 bridgehead atoms. The van der Waals surface area contributed by atoms with Gasteiger partial charge in [-0.15, -0.1) is 0 Å². The van der Waals surface area contributed by atoms with E-state index in [1.165, 1.54) is 137 Å². The Morgan fingerprint density at radius 1 is 0.478 bits per heavy atom. The highest BCUT2D eigenvalue weighted by Crippen LogP contribution is 2.63. The van der Waals surface area contributed by atoms with Crippen LogP contribution >= 0.6 is 0 Å². The molecule has 7 aromatic carbocycles. The molecule has 2 nitrogen and oxygen atoms in total. The van der Waals surface area contributed by atoms with Crippen molar-refractivity contribution in [1.29, 1.82) is 0 Å². The highest BCUT2D eigenvalue weighted by molar-refractivity contribution is 7.01. The topological polar surface area (TPSA) is 6.48 Å². The first-order chi connectivity index (χ1) is 32.5. The van der Waals surface area contributed by atoms with E-state index >= 15 is 0 Å². The van der Waals surface area contributed by atoms with Crippen molar-refractivity contribution in [2.45, 2.75) is 155 Å². The summed E-state index contributed by atoms with van der Waals surface area (Å²) in [7, 11) is 0. The minimum absolute atomic E-state index is 0.00353. The molecule has 0 aromatic heterocycles. The summed E-state index contributed by atoms with van der Waals surface area (Å²) in [5, 5.41) is 0. The van der Waals surface area contributed by atoms with E-state index in [2.05, 4.69) is 234 Å². The number of hydrogen-bond donors (Lipinski definition) is 0. The van der Waals surface area contributed by atoms with E-state index in [4.69, 9.17) is 0 Å². The molecular formula is C66H71BN2. The quantitative estimate of drug-likeness (QED) is 0.163. The second kappa shape index (κ2) is 14.4. The fourth-order valence-corrected chi connectivity index (χ4v) is 13.9. The Hall–Kier alpha value is -5.80. The molecule has 3 aliphatic heterocycles. The van der Waals surface area contributed by atoms with Crippen molar-refractivity contribution < 1.29 is 0 Å². The second-order valence-corrected chi connectivity index (χ2v) is 25.8. The molecule has 1 saturated carbocycles. The Labute approximate surface area is 414 Å². The molecule has 3 heteroatoms. The molecule has 2 atom stereocenters. The minimum atomic E-state index is -0.188. The summed E-state index contributed by atoms with van der Waals surface area (Å²) in [6, 6.07) is 50.6. The van der Waals surface area contributed by atoms with Crippen molar-refractivity contribution in [2.24, 2.45) is 0 Å². The third kappa shape index (κ3) is 6.10. The van der Waals surface area contributed by atoms with Crippen molar-refractivity contribution in [1.82, 2.24) is 0 Å². The van der Waals surface area contributed by atoms with Crippen LogP contribution in [-0.2, 0) is 27.1 Å². The van der Waals surface area contributed by atoms with E-state index < -0.39 is 0 Å². The Kier molecular flexibility index (Phi) is 9.27. The third-order valence-electron chi connectivity index (χ3n) is 18.1. The zero-order valence-corrected chi connectivity index (χ0v) is 43.9. The fraction of sp³-hybridized carbons (Fsp3) is 0.364. The van der Waals surface area contributed by atoms with Crippen LogP contribution in [0.25, 0.3) is 33.4 Å². The lowest BCUT2D eigenvalue weighted by Crippen LogP contribution is -2.65. The van der Waals surface area contributed by atoms with Crippen LogP contribution in [0.2, 0.25) is 0 Å². The van der Waals surface area contributed by atoms with Crippen molar-refractivity contribution in [3.63, 3.8) is 0 Å². The number of benzene rings is 7. The van der Waals surface area contributed by atoms with Crippen LogP contribution in [0, 0.1) is 6.92 Å². The van der Waals surface area contributed by atoms with Gasteiger partial charge >= 0.3 is 0 Å². The lowest BCUT2D eigenvalue weighted by atomic mass is 9.32. The standard InChI is InChI=1S/C66H71BN2/c1-40-33-54-57-55(34-40)69-60-51(65(13)31-21-22-32-66(65,69)14)38-45(63(8,9)10)39-52(60)67(57)58-53(30-29-49-56(58)46-28-27-43(61(2,3)4)37-50(46)64(49,11)12)68(54)59-47(41-23-17-15-18-24-41)35-44(62(5,6)7)36-48(59)42-25-19-16-20-26-42/h15-20,23-30,33-39H,21-22,31-32H2,1-14H3. The number of rotatable bonds is 3. The normalized spacial score (nSPS) is 20.5. The smallest absolute Gasteiger partial charge is 0.252 e. The molecule has 0 N–H and O–H groups in total. The molecule has 7 aromatic rings. The molecule has 0 amide bonds. The van der Waals surface area contributed by atoms with E-state index in [0.29, 0.717) is 0 Å². The van der Waals surface area contributed by atoms with Gasteiger partial charge in [-0.1, -0.05) is 193 Å². The van der Waals surface area contributed by atoms with Crippen molar-refractivity contribution >= 4 is 51.5 Å². The summed E-state index contributed by atoms with van der Waals surface area (Å²) in [5.74, 6) is 0. The Balaban J connectivity index is 1.29. The van der Waals surface area contributed by atoms with Gasteiger partial charge in [0.05, 0.1) is 11.2 Å². The van der Waals surface area contributed by atoms with E-state index in [9.17, 15) is 0 Å². The lowest BCUT2D eigenvalue weighted by Gasteiger charge is -2.53. The molecule has 2 aliphatic carbocycles. The lowest BCUT2D eigenvalue weighted by molar-refractivity contribution is 0.195. The predicted molar refractivity (Wildman–Crippen MR) is 298 cm³/mol. The van der Waals surface area contributed by atoms with Crippen molar-refractivity contribution in [3.05, 3.63) is 166 Å². The third-order valence-corrected chi connectivity index (χ3v) is 18.1. The summed E-state index contributed by atoms with van der Waals surface area (Å²) in [6.07, 6.45) is 4.90. The van der Waals surface area contributed by atoms with Gasteiger partial charge in [-0.05, 0) is 151 Å². The Morgan fingerprint density at radius 2 is 1.04 bits per heavy atom. The molecule has 0 saturated heterocycles. The van der Waals surface area contributed by atoms with E-state index in [-0.39, 0.29) is 39.3 Å². The molecule has 0 radical (unpaired) electrons. The monoisotopic (exact) mass is 903 g/mol. The molecule has 1 fully saturated rings. The van der Waals surface area contributed by atoms with E-state index in [0.717, 1.165) is 0 Å². The van der Waals surface area contributed by atoms with Gasteiger partial charge in [0, 0.05) is 44.7 Å². The first kappa shape index (κ1) is 44.4. The molecule has 12 rings (SSSR count). The van der Waals surface area contributed by atoms with E-state index in [1.807, 2.05) is 0 Å². The summed E-state index contributed by atoms with van der Waals surface area (Å²) < 4.78 is 0. The van der Waals surface area contributed by atoms with Gasteiger partial charge in [-0.3, -0.25) is 0 Å². The maximum atomic E-state index is 2.92. The number of nitrogens with zero attached hydrogens (tertiary/aromatic N) is 2. The maximum absolute atomic E-state index is 2.92. The Bertz CT molecular complexity index is 3240. The highest BCUT2D eigenvalue weighted by atomic mass is 15.3. The average Bonchev–Trinajstić information content (AvgIpc) is 3.66. The second-order valence-electron chi connectivity index (χ2n) is 25.8. The SMILES string of the molecule is Cc1cc2c3c(c1)N1c4c(cc(C(C)(C)C)cc4C4(C)CCCCC14C)B3c1c(ccc3c1-c1ccc(C(C)(C)C)cc1C3(C)C)N2c1c(-c2ccccc2)cc(C(C)(C)C)cc1-c1ccccc1. The summed E-state index contributed by atoms with van der Waals surface area (Å²) in [6.45, 7) is 34.1. The van der Waals surface area contributed by atoms with Gasteiger partial charge in [-0.25, -0.2) is 0 Å². The van der Waals surface area contributed by atoms with Gasteiger partial charge in [0.1, 0.15) is 0 Å². The first-order valence-corrected chi connectivity index (χ1v) is 26.1. The predicted octanol–water partition coefficient (Wildman–Crippen LogP) is 15.9. The molecule has 2 unspecified atom stereocenters. The number of aryl methyl sites for hydroxylation is 1. The first-order valence-electron chi connectivity index (χ1n) is 26.1. The molecule has 5 aliphatic rings. The van der Waals surface area contributed by atoms with Gasteiger partial charge in [0.15, 0.2) is 0 Å². The minimum Gasteiger partial charge on any atom is -0.335 e. The fourth-order valence-electron chi connectivity index (χ4n) is 13.9. The zero-order valence-electron chi connectivity index (χ0n) is 43.9. The Morgan fingerprint density at radius 3 is 1.65 bits per heavy atom. The van der Waals surface area contributed by atoms with Crippen LogP contribution in [0.4, 0.5) is 28.4 Å².